The third kappa shape index (κ3) is 5.45. The number of aromatic nitrogens is 4. The highest BCUT2D eigenvalue weighted by Gasteiger charge is 2.20. The van der Waals surface area contributed by atoms with Gasteiger partial charge in [0, 0.05) is 22.1 Å². The Bertz CT molecular complexity index is 1430. The van der Waals surface area contributed by atoms with Gasteiger partial charge in [0.15, 0.2) is 5.13 Å². The minimum atomic E-state index is -0.438. The molecule has 0 spiro atoms. The fourth-order valence-electron chi connectivity index (χ4n) is 3.44. The van der Waals surface area contributed by atoms with Crippen molar-refractivity contribution in [1.29, 1.82) is 0 Å². The van der Waals surface area contributed by atoms with Crippen LogP contribution in [0.4, 0.5) is 5.13 Å². The number of carbonyl (C=O) groups excluding carboxylic acids is 1. The van der Waals surface area contributed by atoms with Gasteiger partial charge in [0.2, 0.25) is 11.1 Å². The largest absolute Gasteiger partial charge is 0.301 e. The van der Waals surface area contributed by atoms with Crippen LogP contribution in [0.15, 0.2) is 102 Å². The van der Waals surface area contributed by atoms with Crippen molar-refractivity contribution in [2.24, 2.45) is 0 Å². The number of carbonyl (C=O) groups is 1. The van der Waals surface area contributed by atoms with E-state index in [1.165, 1.54) is 23.1 Å². The molecule has 0 bridgehead atoms. The van der Waals surface area contributed by atoms with Gasteiger partial charge in [0.05, 0.1) is 10.9 Å². The lowest BCUT2D eigenvalue weighted by molar-refractivity contribution is -0.115. The molecule has 0 radical (unpaired) electrons. The molecule has 1 atom stereocenters. The summed E-state index contributed by atoms with van der Waals surface area (Å²) in [6, 6.07) is 29.6. The molecule has 5 aromatic rings. The summed E-state index contributed by atoms with van der Waals surface area (Å²) < 4.78 is 0. The number of nitrogens with one attached hydrogen (secondary N) is 1. The molecule has 2 heterocycles. The molecule has 0 fully saturated rings. The van der Waals surface area contributed by atoms with Gasteiger partial charge in [-0.15, -0.1) is 21.5 Å². The highest BCUT2D eigenvalue weighted by molar-refractivity contribution is 8.00. The van der Waals surface area contributed by atoms with Crippen LogP contribution in [0, 0.1) is 0 Å². The van der Waals surface area contributed by atoms with E-state index in [1.807, 2.05) is 103 Å². The Balaban J connectivity index is 1.34. The third-order valence-electron chi connectivity index (χ3n) is 5.22. The second-order valence-corrected chi connectivity index (χ2v) is 9.84. The number of nitrogens with zero attached hydrogens (tertiary/aromatic N) is 4. The molecule has 1 unspecified atom stereocenters. The highest BCUT2D eigenvalue weighted by Crippen LogP contribution is 2.31. The molecule has 0 aliphatic heterocycles. The Hall–Kier alpha value is -3.88. The zero-order chi connectivity index (χ0) is 24.0. The first-order chi connectivity index (χ1) is 17.2. The van der Waals surface area contributed by atoms with Gasteiger partial charge in [-0.3, -0.25) is 4.79 Å². The predicted octanol–water partition coefficient (Wildman–Crippen LogP) is 6.45. The quantitative estimate of drug-likeness (QED) is 0.261. The van der Waals surface area contributed by atoms with E-state index in [0.29, 0.717) is 16.0 Å². The van der Waals surface area contributed by atoms with E-state index >= 15 is 0 Å². The minimum absolute atomic E-state index is 0.166. The zero-order valence-electron chi connectivity index (χ0n) is 18.8. The van der Waals surface area contributed by atoms with Gasteiger partial charge in [0.25, 0.3) is 0 Å². The summed E-state index contributed by atoms with van der Waals surface area (Å²) in [7, 11) is 0. The van der Waals surface area contributed by atoms with E-state index in [1.54, 1.807) is 0 Å². The average molecular weight is 496 g/mol. The van der Waals surface area contributed by atoms with Crippen molar-refractivity contribution in [1.82, 2.24) is 20.2 Å². The van der Waals surface area contributed by atoms with E-state index < -0.39 is 5.25 Å². The molecule has 1 N–H and O–H groups in total. The van der Waals surface area contributed by atoms with Crippen LogP contribution < -0.4 is 5.32 Å². The summed E-state index contributed by atoms with van der Waals surface area (Å²) in [5, 5.41) is 14.2. The van der Waals surface area contributed by atoms with Gasteiger partial charge in [-0.25, -0.2) is 9.97 Å². The number of thiazole rings is 1. The molecule has 172 valence electrons. The van der Waals surface area contributed by atoms with Crippen LogP contribution in [-0.4, -0.2) is 31.3 Å². The standard InChI is InChI=1S/C27H21N5OS2/c1-18(25(33)30-26-28-22(17-34-26)19-11-5-2-6-12-19)35-27-29-23(20-13-7-3-8-14-20)24(31-32-27)21-15-9-4-10-16-21/h2-18H,1H3,(H,28,30,33). The maximum atomic E-state index is 12.9. The van der Waals surface area contributed by atoms with E-state index in [9.17, 15) is 4.79 Å². The fourth-order valence-corrected chi connectivity index (χ4v) is 4.88. The van der Waals surface area contributed by atoms with Gasteiger partial charge in [-0.05, 0) is 6.92 Å². The molecule has 5 rings (SSSR count). The second kappa shape index (κ2) is 10.6. The van der Waals surface area contributed by atoms with Gasteiger partial charge >= 0.3 is 0 Å². The molecular formula is C27H21N5OS2. The molecule has 0 saturated heterocycles. The van der Waals surface area contributed by atoms with Gasteiger partial charge in [-0.1, -0.05) is 103 Å². The first-order valence-electron chi connectivity index (χ1n) is 11.0. The van der Waals surface area contributed by atoms with Crippen LogP contribution in [0.1, 0.15) is 6.92 Å². The van der Waals surface area contributed by atoms with Crippen LogP contribution in [0.2, 0.25) is 0 Å². The van der Waals surface area contributed by atoms with Crippen molar-refractivity contribution in [2.75, 3.05) is 5.32 Å². The summed E-state index contributed by atoms with van der Waals surface area (Å²) in [4.78, 5) is 22.2. The molecule has 0 aliphatic rings. The molecule has 0 saturated carbocycles. The number of benzene rings is 3. The Morgan fingerprint density at radius 2 is 1.34 bits per heavy atom. The lowest BCUT2D eigenvalue weighted by Gasteiger charge is -2.12. The van der Waals surface area contributed by atoms with Gasteiger partial charge in [0.1, 0.15) is 11.4 Å². The molecule has 35 heavy (non-hydrogen) atoms. The zero-order valence-corrected chi connectivity index (χ0v) is 20.5. The molecule has 3 aromatic carbocycles. The van der Waals surface area contributed by atoms with Crippen molar-refractivity contribution in [3.8, 4) is 33.8 Å². The summed E-state index contributed by atoms with van der Waals surface area (Å²) in [6.45, 7) is 1.82. The maximum Gasteiger partial charge on any atom is 0.239 e. The Labute approximate surface area is 211 Å². The van der Waals surface area contributed by atoms with Crippen LogP contribution in [-0.2, 0) is 4.79 Å². The van der Waals surface area contributed by atoms with Crippen molar-refractivity contribution in [2.45, 2.75) is 17.3 Å². The first kappa shape index (κ1) is 22.9. The highest BCUT2D eigenvalue weighted by atomic mass is 32.2. The van der Waals surface area contributed by atoms with Crippen LogP contribution >= 0.6 is 23.1 Å². The molecule has 0 aliphatic carbocycles. The van der Waals surface area contributed by atoms with Crippen molar-refractivity contribution in [3.63, 3.8) is 0 Å². The molecule has 6 nitrogen and oxygen atoms in total. The fraction of sp³-hybridized carbons (Fsp3) is 0.0741. The van der Waals surface area contributed by atoms with E-state index in [4.69, 9.17) is 4.98 Å². The average Bonchev–Trinajstić information content (AvgIpc) is 3.38. The lowest BCUT2D eigenvalue weighted by Crippen LogP contribution is -2.22. The van der Waals surface area contributed by atoms with Crippen LogP contribution in [0.5, 0.6) is 0 Å². The number of rotatable bonds is 7. The van der Waals surface area contributed by atoms with E-state index in [2.05, 4.69) is 20.5 Å². The van der Waals surface area contributed by atoms with Gasteiger partial charge < -0.3 is 5.32 Å². The van der Waals surface area contributed by atoms with Crippen LogP contribution in [0.3, 0.4) is 0 Å². The van der Waals surface area contributed by atoms with E-state index in [-0.39, 0.29) is 5.91 Å². The third-order valence-corrected chi connectivity index (χ3v) is 6.93. The molecular weight excluding hydrogens is 474 g/mol. The Morgan fingerprint density at radius 3 is 1.97 bits per heavy atom. The second-order valence-electron chi connectivity index (χ2n) is 7.68. The smallest absolute Gasteiger partial charge is 0.239 e. The minimum Gasteiger partial charge on any atom is -0.301 e. The topological polar surface area (TPSA) is 80.7 Å². The lowest BCUT2D eigenvalue weighted by atomic mass is 10.0. The number of anilines is 1. The number of hydrogen-bond donors (Lipinski definition) is 1. The molecule has 1 amide bonds. The monoisotopic (exact) mass is 495 g/mol. The van der Waals surface area contributed by atoms with Crippen LogP contribution in [0.25, 0.3) is 33.8 Å². The van der Waals surface area contributed by atoms with E-state index in [0.717, 1.165) is 28.1 Å². The Morgan fingerprint density at radius 1 is 0.771 bits per heavy atom. The summed E-state index contributed by atoms with van der Waals surface area (Å²) >= 11 is 2.67. The van der Waals surface area contributed by atoms with Gasteiger partial charge in [-0.2, -0.15) is 0 Å². The SMILES string of the molecule is CC(Sc1nnc(-c2ccccc2)c(-c2ccccc2)n1)C(=O)Nc1nc(-c2ccccc2)cs1. The predicted molar refractivity (Wildman–Crippen MR) is 142 cm³/mol. The molecule has 2 aromatic heterocycles. The number of amides is 1. The van der Waals surface area contributed by atoms with Crippen molar-refractivity contribution < 1.29 is 4.79 Å². The maximum absolute atomic E-state index is 12.9. The Kier molecular flexibility index (Phi) is 6.92. The number of thioether (sulfide) groups is 1. The number of hydrogen-bond acceptors (Lipinski definition) is 7. The first-order valence-corrected chi connectivity index (χ1v) is 12.8. The summed E-state index contributed by atoms with van der Waals surface area (Å²) in [5.74, 6) is -0.166. The molecule has 8 heteroatoms. The normalized spacial score (nSPS) is 11.7. The summed E-state index contributed by atoms with van der Waals surface area (Å²) in [6.07, 6.45) is 0. The summed E-state index contributed by atoms with van der Waals surface area (Å²) in [5.41, 5.74) is 5.16. The van der Waals surface area contributed by atoms with Crippen molar-refractivity contribution >= 4 is 34.1 Å². The van der Waals surface area contributed by atoms with Crippen molar-refractivity contribution in [3.05, 3.63) is 96.4 Å².